The summed E-state index contributed by atoms with van der Waals surface area (Å²) >= 11 is 0. The van der Waals surface area contributed by atoms with E-state index in [1.165, 1.54) is 0 Å². The van der Waals surface area contributed by atoms with Crippen molar-refractivity contribution in [2.24, 2.45) is 0 Å². The third-order valence-electron chi connectivity index (χ3n) is 4.88. The molecule has 5 heteroatoms. The second kappa shape index (κ2) is 9.07. The Balaban J connectivity index is 1.87. The standard InChI is InChI=1S/C24H23O4P/c1-3-28-24(27)20-10-4-15(2)21-12-16(8-11-19(20)21)5-6-17-7-9-18(14-23(25)26)22(29)13-17/h7-13,15H,3-4,14,29H2,1-2H3,(H,25,26). The minimum Gasteiger partial charge on any atom is -0.481 e. The molecular weight excluding hydrogens is 383 g/mol. The molecular formula is C24H23O4P. The summed E-state index contributed by atoms with van der Waals surface area (Å²) in [6.07, 6.45) is 2.74. The predicted octanol–water partition coefficient (Wildman–Crippen LogP) is 3.67. The monoisotopic (exact) mass is 406 g/mol. The summed E-state index contributed by atoms with van der Waals surface area (Å²) in [6.45, 7) is 4.29. The van der Waals surface area contributed by atoms with Crippen LogP contribution >= 0.6 is 9.24 Å². The van der Waals surface area contributed by atoms with Crippen molar-refractivity contribution in [3.63, 3.8) is 0 Å². The smallest absolute Gasteiger partial charge is 0.338 e. The molecule has 4 nitrogen and oxygen atoms in total. The number of hydrogen-bond donors (Lipinski definition) is 1. The van der Waals surface area contributed by atoms with Gasteiger partial charge in [0.1, 0.15) is 0 Å². The van der Waals surface area contributed by atoms with Crippen LogP contribution in [-0.2, 0) is 20.7 Å². The molecule has 0 saturated heterocycles. The molecule has 0 amide bonds. The molecule has 0 fully saturated rings. The van der Waals surface area contributed by atoms with E-state index in [0.29, 0.717) is 18.1 Å². The van der Waals surface area contributed by atoms with Gasteiger partial charge in [0.15, 0.2) is 0 Å². The fourth-order valence-electron chi connectivity index (χ4n) is 3.37. The average molecular weight is 406 g/mol. The van der Waals surface area contributed by atoms with Gasteiger partial charge in [0.2, 0.25) is 0 Å². The average Bonchev–Trinajstić information content (AvgIpc) is 2.68. The van der Waals surface area contributed by atoms with E-state index >= 15 is 0 Å². The molecule has 1 aliphatic carbocycles. The SMILES string of the molecule is CCOC(=O)C1=CCC(C)c2cc(C#Cc3ccc(CC(=O)O)c(P)c3)ccc21. The first-order chi connectivity index (χ1) is 13.9. The molecule has 148 valence electrons. The maximum atomic E-state index is 12.2. The molecule has 0 bridgehead atoms. The summed E-state index contributed by atoms with van der Waals surface area (Å²) in [5.74, 6) is 5.48. The zero-order valence-corrected chi connectivity index (χ0v) is 17.6. The van der Waals surface area contributed by atoms with Crippen LogP contribution in [0.4, 0.5) is 0 Å². The van der Waals surface area contributed by atoms with Crippen LogP contribution in [0, 0.1) is 11.8 Å². The van der Waals surface area contributed by atoms with Crippen molar-refractivity contribution >= 4 is 32.1 Å². The third-order valence-corrected chi connectivity index (χ3v) is 5.42. The maximum absolute atomic E-state index is 12.2. The molecule has 0 heterocycles. The highest BCUT2D eigenvalue weighted by atomic mass is 31.0. The van der Waals surface area contributed by atoms with E-state index in [-0.39, 0.29) is 12.4 Å². The van der Waals surface area contributed by atoms with Gasteiger partial charge in [0.25, 0.3) is 0 Å². The first kappa shape index (κ1) is 20.8. The van der Waals surface area contributed by atoms with Crippen molar-refractivity contribution in [3.8, 4) is 11.8 Å². The highest BCUT2D eigenvalue weighted by Crippen LogP contribution is 2.35. The Kier molecular flexibility index (Phi) is 6.52. The van der Waals surface area contributed by atoms with Crippen LogP contribution < -0.4 is 5.30 Å². The van der Waals surface area contributed by atoms with Crippen LogP contribution in [0.25, 0.3) is 5.57 Å². The molecule has 1 N–H and O–H groups in total. The lowest BCUT2D eigenvalue weighted by molar-refractivity contribution is -0.137. The van der Waals surface area contributed by atoms with E-state index in [1.807, 2.05) is 36.4 Å². The van der Waals surface area contributed by atoms with E-state index in [2.05, 4.69) is 28.0 Å². The quantitative estimate of drug-likeness (QED) is 0.478. The van der Waals surface area contributed by atoms with Gasteiger partial charge in [0, 0.05) is 11.1 Å². The minimum atomic E-state index is -0.855. The van der Waals surface area contributed by atoms with E-state index in [9.17, 15) is 9.59 Å². The van der Waals surface area contributed by atoms with Crippen LogP contribution in [-0.4, -0.2) is 23.7 Å². The Morgan fingerprint density at radius 1 is 1.17 bits per heavy atom. The second-order valence-corrected chi connectivity index (χ2v) is 7.63. The van der Waals surface area contributed by atoms with Crippen LogP contribution in [0.15, 0.2) is 42.5 Å². The van der Waals surface area contributed by atoms with Gasteiger partial charge in [-0.2, -0.15) is 0 Å². The summed E-state index contributed by atoms with van der Waals surface area (Å²) in [5, 5.41) is 9.78. The summed E-state index contributed by atoms with van der Waals surface area (Å²) in [5.41, 5.74) is 5.10. The normalized spacial score (nSPS) is 14.9. The van der Waals surface area contributed by atoms with Gasteiger partial charge in [0.05, 0.1) is 18.6 Å². The molecule has 1 aliphatic rings. The van der Waals surface area contributed by atoms with Crippen LogP contribution in [0.1, 0.15) is 54.0 Å². The van der Waals surface area contributed by atoms with Gasteiger partial charge >= 0.3 is 11.9 Å². The fraction of sp³-hybridized carbons (Fsp3) is 0.250. The van der Waals surface area contributed by atoms with Crippen molar-refractivity contribution < 1.29 is 19.4 Å². The number of ether oxygens (including phenoxy) is 1. The number of benzene rings is 2. The van der Waals surface area contributed by atoms with Crippen LogP contribution in [0.5, 0.6) is 0 Å². The Morgan fingerprint density at radius 3 is 2.52 bits per heavy atom. The van der Waals surface area contributed by atoms with E-state index in [1.54, 1.807) is 13.0 Å². The first-order valence-corrected chi connectivity index (χ1v) is 10.1. The molecule has 2 aromatic carbocycles. The summed E-state index contributed by atoms with van der Waals surface area (Å²) < 4.78 is 5.18. The highest BCUT2D eigenvalue weighted by molar-refractivity contribution is 7.27. The Morgan fingerprint density at radius 2 is 1.86 bits per heavy atom. The number of fused-ring (bicyclic) bond motifs is 1. The van der Waals surface area contributed by atoms with Gasteiger partial charge in [-0.05, 0) is 65.5 Å². The highest BCUT2D eigenvalue weighted by Gasteiger charge is 2.23. The molecule has 2 unspecified atom stereocenters. The van der Waals surface area contributed by atoms with Crippen molar-refractivity contribution in [1.29, 1.82) is 0 Å². The number of esters is 1. The van der Waals surface area contributed by atoms with Gasteiger partial charge in [-0.1, -0.05) is 37.0 Å². The molecule has 0 aliphatic heterocycles. The van der Waals surface area contributed by atoms with Crippen molar-refractivity contribution in [2.45, 2.75) is 32.6 Å². The number of hydrogen-bond acceptors (Lipinski definition) is 3. The lowest BCUT2D eigenvalue weighted by Gasteiger charge is -2.22. The summed E-state index contributed by atoms with van der Waals surface area (Å²) in [4.78, 5) is 23.1. The topological polar surface area (TPSA) is 63.6 Å². The Bertz CT molecular complexity index is 1060. The van der Waals surface area contributed by atoms with Crippen molar-refractivity contribution in [1.82, 2.24) is 0 Å². The molecule has 0 saturated carbocycles. The molecule has 0 radical (unpaired) electrons. The first-order valence-electron chi connectivity index (χ1n) is 9.52. The summed E-state index contributed by atoms with van der Waals surface area (Å²) in [6, 6.07) is 11.4. The van der Waals surface area contributed by atoms with Gasteiger partial charge in [-0.25, -0.2) is 4.79 Å². The van der Waals surface area contributed by atoms with Gasteiger partial charge in [-0.3, -0.25) is 4.79 Å². The number of rotatable bonds is 4. The number of carboxylic acids is 1. The third kappa shape index (κ3) is 4.94. The number of aliphatic carboxylic acids is 1. The van der Waals surface area contributed by atoms with Gasteiger partial charge < -0.3 is 9.84 Å². The van der Waals surface area contributed by atoms with Gasteiger partial charge in [-0.15, -0.1) is 9.24 Å². The molecule has 3 rings (SSSR count). The second-order valence-electron chi connectivity index (χ2n) is 7.01. The molecule has 2 aromatic rings. The lowest BCUT2D eigenvalue weighted by Crippen LogP contribution is -2.13. The number of carboxylic acid groups (broad SMARTS) is 1. The van der Waals surface area contributed by atoms with Crippen molar-refractivity contribution in [3.05, 3.63) is 70.3 Å². The zero-order valence-electron chi connectivity index (χ0n) is 16.5. The zero-order chi connectivity index (χ0) is 21.0. The largest absolute Gasteiger partial charge is 0.481 e. The maximum Gasteiger partial charge on any atom is 0.338 e. The van der Waals surface area contributed by atoms with Crippen molar-refractivity contribution in [2.75, 3.05) is 6.61 Å². The number of allylic oxidation sites excluding steroid dienone is 1. The van der Waals surface area contributed by atoms with E-state index in [4.69, 9.17) is 9.84 Å². The summed E-state index contributed by atoms with van der Waals surface area (Å²) in [7, 11) is 2.57. The Hall–Kier alpha value is -2.89. The predicted molar refractivity (Wildman–Crippen MR) is 117 cm³/mol. The number of carbonyl (C=O) groups excluding carboxylic acids is 1. The minimum absolute atomic E-state index is 0.00836. The molecule has 29 heavy (non-hydrogen) atoms. The lowest BCUT2D eigenvalue weighted by atomic mass is 9.83. The van der Waals surface area contributed by atoms with Crippen LogP contribution in [0.3, 0.4) is 0 Å². The Labute approximate surface area is 173 Å². The molecule has 0 aromatic heterocycles. The number of carbonyl (C=O) groups is 2. The molecule has 2 atom stereocenters. The van der Waals surface area contributed by atoms with E-state index < -0.39 is 5.97 Å². The van der Waals surface area contributed by atoms with E-state index in [0.717, 1.165) is 39.5 Å². The molecule has 0 spiro atoms. The fourth-order valence-corrected chi connectivity index (χ4v) is 3.75. The van der Waals surface area contributed by atoms with Crippen LogP contribution in [0.2, 0.25) is 0 Å².